The normalized spacial score (nSPS) is 12.4. The summed E-state index contributed by atoms with van der Waals surface area (Å²) in [5.74, 6) is -1.58. The van der Waals surface area contributed by atoms with Crippen LogP contribution in [0.4, 0.5) is 10.1 Å². The highest BCUT2D eigenvalue weighted by Gasteiger charge is 2.31. The highest BCUT2D eigenvalue weighted by molar-refractivity contribution is 9.10. The van der Waals surface area contributed by atoms with Gasteiger partial charge in [0.1, 0.15) is 5.82 Å². The number of carbonyl (C=O) groups excluding carboxylic acids is 3. The minimum Gasteiger partial charge on any atom is -0.325 e. The summed E-state index contributed by atoms with van der Waals surface area (Å²) >= 11 is 3.09. The summed E-state index contributed by atoms with van der Waals surface area (Å²) < 4.78 is 14.4. The predicted molar refractivity (Wildman–Crippen MR) is 106 cm³/mol. The molecule has 0 heterocycles. The molecule has 1 aliphatic carbocycles. The molecule has 28 heavy (non-hydrogen) atoms. The topological polar surface area (TPSA) is 63.2 Å². The first kappa shape index (κ1) is 18.3. The number of anilines is 1. The second-order valence-electron chi connectivity index (χ2n) is 6.37. The van der Waals surface area contributed by atoms with Gasteiger partial charge in [0.2, 0.25) is 5.91 Å². The SMILES string of the molecule is O=C(Cc1cccc(Br)c1F)Nc1cccc2c1C(=O)c1ccccc1C2=O. The molecular formula is C22H13BrFNO3. The van der Waals surface area contributed by atoms with E-state index in [9.17, 15) is 18.8 Å². The Morgan fingerprint density at radius 3 is 2.25 bits per heavy atom. The van der Waals surface area contributed by atoms with Crippen molar-refractivity contribution in [3.8, 4) is 0 Å². The van der Waals surface area contributed by atoms with E-state index in [4.69, 9.17) is 0 Å². The van der Waals surface area contributed by atoms with Crippen LogP contribution in [0.25, 0.3) is 0 Å². The molecule has 0 aliphatic heterocycles. The van der Waals surface area contributed by atoms with Crippen LogP contribution in [0.5, 0.6) is 0 Å². The first-order valence-corrected chi connectivity index (χ1v) is 9.31. The van der Waals surface area contributed by atoms with E-state index in [0.29, 0.717) is 11.1 Å². The molecule has 4 rings (SSSR count). The fraction of sp³-hybridized carbons (Fsp3) is 0.0455. The number of carbonyl (C=O) groups is 3. The number of fused-ring (bicyclic) bond motifs is 2. The molecular weight excluding hydrogens is 425 g/mol. The van der Waals surface area contributed by atoms with Gasteiger partial charge in [0.15, 0.2) is 11.6 Å². The van der Waals surface area contributed by atoms with Crippen LogP contribution >= 0.6 is 15.9 Å². The third-order valence-corrected chi connectivity index (χ3v) is 5.22. The van der Waals surface area contributed by atoms with Crippen molar-refractivity contribution in [2.24, 2.45) is 0 Å². The summed E-state index contributed by atoms with van der Waals surface area (Å²) in [7, 11) is 0. The number of ketones is 2. The molecule has 4 nitrogen and oxygen atoms in total. The van der Waals surface area contributed by atoms with Crippen LogP contribution in [-0.4, -0.2) is 17.5 Å². The average molecular weight is 438 g/mol. The van der Waals surface area contributed by atoms with E-state index in [0.717, 1.165) is 0 Å². The number of nitrogens with one attached hydrogen (secondary N) is 1. The summed E-state index contributed by atoms with van der Waals surface area (Å²) in [5, 5.41) is 2.65. The molecule has 0 radical (unpaired) electrons. The first-order valence-electron chi connectivity index (χ1n) is 8.51. The maximum Gasteiger partial charge on any atom is 0.228 e. The van der Waals surface area contributed by atoms with E-state index in [2.05, 4.69) is 21.2 Å². The van der Waals surface area contributed by atoms with E-state index in [1.165, 1.54) is 6.07 Å². The van der Waals surface area contributed by atoms with Gasteiger partial charge < -0.3 is 5.32 Å². The molecule has 1 N–H and O–H groups in total. The summed E-state index contributed by atoms with van der Waals surface area (Å²) in [6.07, 6.45) is -0.201. The van der Waals surface area contributed by atoms with Crippen molar-refractivity contribution < 1.29 is 18.8 Å². The summed E-state index contributed by atoms with van der Waals surface area (Å²) in [5.41, 5.74) is 1.53. The second-order valence-corrected chi connectivity index (χ2v) is 7.22. The summed E-state index contributed by atoms with van der Waals surface area (Å²) in [4.78, 5) is 38.2. The molecule has 3 aromatic rings. The minimum atomic E-state index is -0.507. The molecule has 0 fully saturated rings. The smallest absolute Gasteiger partial charge is 0.228 e. The first-order chi connectivity index (χ1) is 13.5. The van der Waals surface area contributed by atoms with Crippen LogP contribution in [0.3, 0.4) is 0 Å². The van der Waals surface area contributed by atoms with Crippen LogP contribution < -0.4 is 5.32 Å². The van der Waals surface area contributed by atoms with Crippen LogP contribution in [0, 0.1) is 5.82 Å². The average Bonchev–Trinajstić information content (AvgIpc) is 2.69. The van der Waals surface area contributed by atoms with Crippen molar-refractivity contribution in [3.05, 3.63) is 98.8 Å². The Bertz CT molecular complexity index is 1160. The number of benzene rings is 3. The zero-order valence-electron chi connectivity index (χ0n) is 14.5. The van der Waals surface area contributed by atoms with Crippen molar-refractivity contribution in [1.82, 2.24) is 0 Å². The van der Waals surface area contributed by atoms with Gasteiger partial charge in [0.05, 0.1) is 22.1 Å². The van der Waals surface area contributed by atoms with Gasteiger partial charge >= 0.3 is 0 Å². The Balaban J connectivity index is 1.67. The lowest BCUT2D eigenvalue weighted by atomic mass is 9.83. The third-order valence-electron chi connectivity index (χ3n) is 4.61. The molecule has 0 atom stereocenters. The maximum absolute atomic E-state index is 14.1. The van der Waals surface area contributed by atoms with Gasteiger partial charge in [0, 0.05) is 16.7 Å². The highest BCUT2D eigenvalue weighted by atomic mass is 79.9. The number of hydrogen-bond acceptors (Lipinski definition) is 3. The molecule has 1 amide bonds. The molecule has 138 valence electrons. The second kappa shape index (κ2) is 7.13. The Hall–Kier alpha value is -3.12. The number of amides is 1. The van der Waals surface area contributed by atoms with Gasteiger partial charge in [-0.05, 0) is 33.6 Å². The lowest BCUT2D eigenvalue weighted by Gasteiger charge is -2.20. The summed E-state index contributed by atoms with van der Waals surface area (Å²) in [6, 6.07) is 16.0. The Kier molecular flexibility index (Phi) is 4.65. The van der Waals surface area contributed by atoms with Gasteiger partial charge in [-0.25, -0.2) is 4.39 Å². The van der Waals surface area contributed by atoms with Gasteiger partial charge in [-0.15, -0.1) is 0 Å². The largest absolute Gasteiger partial charge is 0.325 e. The van der Waals surface area contributed by atoms with Gasteiger partial charge in [-0.2, -0.15) is 0 Å². The van der Waals surface area contributed by atoms with Crippen molar-refractivity contribution >= 4 is 39.1 Å². The zero-order valence-corrected chi connectivity index (χ0v) is 16.0. The quantitative estimate of drug-likeness (QED) is 0.511. The van der Waals surface area contributed by atoms with E-state index < -0.39 is 11.7 Å². The molecule has 3 aromatic carbocycles. The Labute approximate surface area is 168 Å². The predicted octanol–water partition coefficient (Wildman–Crippen LogP) is 4.54. The molecule has 0 saturated heterocycles. The van der Waals surface area contributed by atoms with Gasteiger partial charge in [-0.1, -0.05) is 48.5 Å². The van der Waals surface area contributed by atoms with Gasteiger partial charge in [-0.3, -0.25) is 14.4 Å². The lowest BCUT2D eigenvalue weighted by Crippen LogP contribution is -2.24. The van der Waals surface area contributed by atoms with Crippen molar-refractivity contribution in [2.45, 2.75) is 6.42 Å². The standard InChI is InChI=1S/C22H13BrFNO3/c23-16-9-3-5-12(20(16)24)11-18(26)25-17-10-4-8-15-19(17)22(28)14-7-2-1-6-13(14)21(15)27/h1-10H,11H2,(H,25,26). The van der Waals surface area contributed by atoms with E-state index >= 15 is 0 Å². The third kappa shape index (κ3) is 3.05. The van der Waals surface area contributed by atoms with Crippen LogP contribution in [-0.2, 0) is 11.2 Å². The monoisotopic (exact) mass is 437 g/mol. The molecule has 0 bridgehead atoms. The van der Waals surface area contributed by atoms with Crippen LogP contribution in [0.1, 0.15) is 37.4 Å². The van der Waals surface area contributed by atoms with Gasteiger partial charge in [0.25, 0.3) is 0 Å². The molecule has 0 aromatic heterocycles. The molecule has 6 heteroatoms. The number of hydrogen-bond donors (Lipinski definition) is 1. The maximum atomic E-state index is 14.1. The molecule has 0 unspecified atom stereocenters. The van der Waals surface area contributed by atoms with Crippen LogP contribution in [0.15, 0.2) is 65.1 Å². The summed E-state index contributed by atoms with van der Waals surface area (Å²) in [6.45, 7) is 0. The minimum absolute atomic E-state index is 0.161. The fourth-order valence-corrected chi connectivity index (χ4v) is 3.71. The fourth-order valence-electron chi connectivity index (χ4n) is 3.30. The number of halogens is 2. The number of rotatable bonds is 3. The Morgan fingerprint density at radius 1 is 0.857 bits per heavy atom. The van der Waals surface area contributed by atoms with E-state index in [-0.39, 0.29) is 44.8 Å². The van der Waals surface area contributed by atoms with E-state index in [1.54, 1.807) is 54.6 Å². The highest BCUT2D eigenvalue weighted by Crippen LogP contribution is 2.32. The lowest BCUT2D eigenvalue weighted by molar-refractivity contribution is -0.115. The Morgan fingerprint density at radius 2 is 1.50 bits per heavy atom. The zero-order chi connectivity index (χ0) is 19.8. The van der Waals surface area contributed by atoms with Crippen LogP contribution in [0.2, 0.25) is 0 Å². The molecule has 0 spiro atoms. The molecule has 1 aliphatic rings. The van der Waals surface area contributed by atoms with E-state index in [1.807, 2.05) is 0 Å². The van der Waals surface area contributed by atoms with Crippen molar-refractivity contribution in [1.29, 1.82) is 0 Å². The van der Waals surface area contributed by atoms with Crippen molar-refractivity contribution in [2.75, 3.05) is 5.32 Å². The molecule has 0 saturated carbocycles. The van der Waals surface area contributed by atoms with Crippen molar-refractivity contribution in [3.63, 3.8) is 0 Å².